The molecule has 0 fully saturated rings. The Balaban J connectivity index is 1.75. The van der Waals surface area contributed by atoms with Crippen LogP contribution in [-0.4, -0.2) is 19.7 Å². The average Bonchev–Trinajstić information content (AvgIpc) is 2.92. The maximum atomic E-state index is 5.40. The van der Waals surface area contributed by atoms with Crippen molar-refractivity contribution < 1.29 is 4.74 Å². The van der Waals surface area contributed by atoms with Crippen LogP contribution in [0.4, 0.5) is 0 Å². The normalized spacial score (nSPS) is 16.2. The van der Waals surface area contributed by atoms with Gasteiger partial charge in [0.2, 0.25) is 0 Å². The third kappa shape index (κ3) is 4.39. The van der Waals surface area contributed by atoms with E-state index in [9.17, 15) is 0 Å². The van der Waals surface area contributed by atoms with Gasteiger partial charge in [-0.1, -0.05) is 29.8 Å². The first-order valence-corrected chi connectivity index (χ1v) is 7.33. The fraction of sp³-hybridized carbons (Fsp3) is 0.529. The molecule has 1 N–H and O–H groups in total. The summed E-state index contributed by atoms with van der Waals surface area (Å²) in [5.41, 5.74) is 2.92. The SMILES string of the molecule is COc1ccccc1CC(C)NCCC1=CCCC1. The maximum Gasteiger partial charge on any atom is 0.122 e. The number of benzene rings is 1. The van der Waals surface area contributed by atoms with Crippen LogP contribution in [0.5, 0.6) is 5.75 Å². The third-order valence-electron chi connectivity index (χ3n) is 3.79. The standard InChI is InChI=1S/C17H25NO/c1-14(18-12-11-15-7-3-4-8-15)13-16-9-5-6-10-17(16)19-2/h5-7,9-10,14,18H,3-4,8,11-13H2,1-2H3. The summed E-state index contributed by atoms with van der Waals surface area (Å²) in [6, 6.07) is 8.77. The van der Waals surface area contributed by atoms with Crippen LogP contribution in [0.3, 0.4) is 0 Å². The number of para-hydroxylation sites is 1. The number of methoxy groups -OCH3 is 1. The Kier molecular flexibility index (Phi) is 5.46. The molecule has 2 heteroatoms. The molecule has 2 nitrogen and oxygen atoms in total. The molecular weight excluding hydrogens is 234 g/mol. The first kappa shape index (κ1) is 14.1. The summed E-state index contributed by atoms with van der Waals surface area (Å²) < 4.78 is 5.40. The molecule has 0 saturated heterocycles. The van der Waals surface area contributed by atoms with Crippen molar-refractivity contribution in [1.29, 1.82) is 0 Å². The minimum absolute atomic E-state index is 0.485. The zero-order chi connectivity index (χ0) is 13.5. The molecule has 0 radical (unpaired) electrons. The lowest BCUT2D eigenvalue weighted by molar-refractivity contribution is 0.406. The lowest BCUT2D eigenvalue weighted by Crippen LogP contribution is -2.29. The molecule has 0 spiro atoms. The zero-order valence-corrected chi connectivity index (χ0v) is 12.1. The highest BCUT2D eigenvalue weighted by molar-refractivity contribution is 5.33. The summed E-state index contributed by atoms with van der Waals surface area (Å²) in [7, 11) is 1.74. The van der Waals surface area contributed by atoms with Gasteiger partial charge < -0.3 is 10.1 Å². The van der Waals surface area contributed by atoms with Gasteiger partial charge in [-0.05, 0) is 57.2 Å². The second-order valence-corrected chi connectivity index (χ2v) is 5.38. The van der Waals surface area contributed by atoms with Gasteiger partial charge in [0.25, 0.3) is 0 Å². The fourth-order valence-electron chi connectivity index (χ4n) is 2.72. The Labute approximate surface area is 116 Å². The molecule has 104 valence electrons. The highest BCUT2D eigenvalue weighted by Gasteiger charge is 2.08. The molecule has 0 heterocycles. The summed E-state index contributed by atoms with van der Waals surface area (Å²) in [5, 5.41) is 3.61. The molecule has 0 saturated carbocycles. The Morgan fingerprint density at radius 3 is 2.89 bits per heavy atom. The van der Waals surface area contributed by atoms with Crippen molar-refractivity contribution in [2.75, 3.05) is 13.7 Å². The Morgan fingerprint density at radius 2 is 2.16 bits per heavy atom. The van der Waals surface area contributed by atoms with Crippen molar-refractivity contribution in [2.24, 2.45) is 0 Å². The molecule has 0 bridgehead atoms. The summed E-state index contributed by atoms with van der Waals surface area (Å²) in [6.45, 7) is 3.33. The summed E-state index contributed by atoms with van der Waals surface area (Å²) in [4.78, 5) is 0. The van der Waals surface area contributed by atoms with E-state index in [1.54, 1.807) is 12.7 Å². The predicted molar refractivity (Wildman–Crippen MR) is 80.7 cm³/mol. The van der Waals surface area contributed by atoms with Crippen LogP contribution in [0.1, 0.15) is 38.2 Å². The second-order valence-electron chi connectivity index (χ2n) is 5.38. The highest BCUT2D eigenvalue weighted by atomic mass is 16.5. The average molecular weight is 259 g/mol. The van der Waals surface area contributed by atoms with E-state index >= 15 is 0 Å². The van der Waals surface area contributed by atoms with Gasteiger partial charge in [0.05, 0.1) is 7.11 Å². The van der Waals surface area contributed by atoms with Gasteiger partial charge in [-0.3, -0.25) is 0 Å². The van der Waals surface area contributed by atoms with E-state index < -0.39 is 0 Å². The molecule has 0 amide bonds. The molecule has 0 aromatic heterocycles. The van der Waals surface area contributed by atoms with Crippen LogP contribution in [0.2, 0.25) is 0 Å². The third-order valence-corrected chi connectivity index (χ3v) is 3.79. The van der Waals surface area contributed by atoms with E-state index in [0.717, 1.165) is 18.7 Å². The number of rotatable bonds is 7. The van der Waals surface area contributed by atoms with E-state index in [1.165, 1.54) is 31.2 Å². The first-order valence-electron chi connectivity index (χ1n) is 7.33. The molecular formula is C17H25NO. The van der Waals surface area contributed by atoms with Gasteiger partial charge in [0.15, 0.2) is 0 Å². The minimum atomic E-state index is 0.485. The van der Waals surface area contributed by atoms with E-state index in [4.69, 9.17) is 4.74 Å². The molecule has 1 aromatic carbocycles. The van der Waals surface area contributed by atoms with Crippen molar-refractivity contribution in [3.8, 4) is 5.75 Å². The summed E-state index contributed by atoms with van der Waals surface area (Å²) >= 11 is 0. The molecule has 1 unspecified atom stereocenters. The van der Waals surface area contributed by atoms with Crippen molar-refractivity contribution in [1.82, 2.24) is 5.32 Å². The quantitative estimate of drug-likeness (QED) is 0.754. The van der Waals surface area contributed by atoms with Crippen LogP contribution in [-0.2, 0) is 6.42 Å². The molecule has 19 heavy (non-hydrogen) atoms. The number of hydrogen-bond acceptors (Lipinski definition) is 2. The molecule has 1 aromatic rings. The smallest absolute Gasteiger partial charge is 0.122 e. The predicted octanol–water partition coefficient (Wildman–Crippen LogP) is 3.72. The lowest BCUT2D eigenvalue weighted by atomic mass is 10.1. The second kappa shape index (κ2) is 7.34. The number of hydrogen-bond donors (Lipinski definition) is 1. The highest BCUT2D eigenvalue weighted by Crippen LogP contribution is 2.21. The van der Waals surface area contributed by atoms with Gasteiger partial charge in [-0.2, -0.15) is 0 Å². The van der Waals surface area contributed by atoms with Crippen molar-refractivity contribution >= 4 is 0 Å². The Bertz CT molecular complexity index is 425. The monoisotopic (exact) mass is 259 g/mol. The van der Waals surface area contributed by atoms with E-state index in [-0.39, 0.29) is 0 Å². The number of nitrogens with one attached hydrogen (secondary N) is 1. The molecule has 1 atom stereocenters. The van der Waals surface area contributed by atoms with E-state index in [2.05, 4.69) is 30.4 Å². The summed E-state index contributed by atoms with van der Waals surface area (Å²) in [5.74, 6) is 0.995. The first-order chi connectivity index (χ1) is 9.29. The van der Waals surface area contributed by atoms with Crippen LogP contribution < -0.4 is 10.1 Å². The zero-order valence-electron chi connectivity index (χ0n) is 12.1. The Morgan fingerprint density at radius 1 is 1.32 bits per heavy atom. The van der Waals surface area contributed by atoms with E-state index in [0.29, 0.717) is 6.04 Å². The molecule has 1 aliphatic carbocycles. The minimum Gasteiger partial charge on any atom is -0.496 e. The van der Waals surface area contributed by atoms with E-state index in [1.807, 2.05) is 12.1 Å². The van der Waals surface area contributed by atoms with Gasteiger partial charge >= 0.3 is 0 Å². The van der Waals surface area contributed by atoms with Crippen LogP contribution in [0, 0.1) is 0 Å². The maximum absolute atomic E-state index is 5.40. The topological polar surface area (TPSA) is 21.3 Å². The number of ether oxygens (including phenoxy) is 1. The van der Waals surface area contributed by atoms with Gasteiger partial charge in [0.1, 0.15) is 5.75 Å². The van der Waals surface area contributed by atoms with Gasteiger partial charge in [0, 0.05) is 6.04 Å². The molecule has 2 rings (SSSR count). The fourth-order valence-corrected chi connectivity index (χ4v) is 2.72. The molecule has 0 aliphatic heterocycles. The van der Waals surface area contributed by atoms with Crippen LogP contribution in [0.15, 0.2) is 35.9 Å². The number of allylic oxidation sites excluding steroid dienone is 1. The Hall–Kier alpha value is -1.28. The summed E-state index contributed by atoms with van der Waals surface area (Å²) in [6.07, 6.45) is 8.58. The molecule has 1 aliphatic rings. The van der Waals surface area contributed by atoms with Gasteiger partial charge in [-0.15, -0.1) is 0 Å². The lowest BCUT2D eigenvalue weighted by Gasteiger charge is -2.16. The van der Waals surface area contributed by atoms with Crippen molar-refractivity contribution in [3.05, 3.63) is 41.5 Å². The van der Waals surface area contributed by atoms with Gasteiger partial charge in [-0.25, -0.2) is 0 Å². The largest absolute Gasteiger partial charge is 0.496 e. The van der Waals surface area contributed by atoms with Crippen molar-refractivity contribution in [3.63, 3.8) is 0 Å². The van der Waals surface area contributed by atoms with Crippen LogP contribution in [0.25, 0.3) is 0 Å². The van der Waals surface area contributed by atoms with Crippen LogP contribution >= 0.6 is 0 Å². The van der Waals surface area contributed by atoms with Crippen molar-refractivity contribution in [2.45, 2.75) is 45.1 Å².